The largest absolute Gasteiger partial charge is 0.453 e. The van der Waals surface area contributed by atoms with Crippen molar-refractivity contribution in [3.8, 4) is 17.2 Å². The monoisotopic (exact) mass is 253 g/mol. The third kappa shape index (κ3) is 2.56. The number of rotatable bonds is 2. The minimum absolute atomic E-state index is 0.130. The second-order valence-electron chi connectivity index (χ2n) is 3.54. The van der Waals surface area contributed by atoms with Crippen molar-refractivity contribution < 1.29 is 23.0 Å². The zero-order valence-corrected chi connectivity index (χ0v) is 9.07. The van der Waals surface area contributed by atoms with Crippen molar-refractivity contribution in [3.63, 3.8) is 0 Å². The Kier molecular flexibility index (Phi) is 3.14. The minimum Gasteiger partial charge on any atom is -0.453 e. The number of hydrogen-bond acceptors (Lipinski definition) is 1. The normalized spacial score (nSPS) is 11.3. The number of halogens is 3. The second-order valence-corrected chi connectivity index (χ2v) is 3.54. The number of ether oxygens (including phenoxy) is 1. The van der Waals surface area contributed by atoms with Gasteiger partial charge in [0.25, 0.3) is 0 Å². The molecule has 0 atom stereocenters. The summed E-state index contributed by atoms with van der Waals surface area (Å²) >= 11 is 0. The average molecular weight is 253 g/mol. The second kappa shape index (κ2) is 4.60. The highest BCUT2D eigenvalue weighted by molar-refractivity contribution is 5.44. The van der Waals surface area contributed by atoms with Gasteiger partial charge >= 0.3 is 6.18 Å². The number of para-hydroxylation sites is 3. The lowest BCUT2D eigenvalue weighted by atomic mass is 10.2. The van der Waals surface area contributed by atoms with Crippen molar-refractivity contribution in [2.45, 2.75) is 6.18 Å². The molecule has 0 aliphatic heterocycles. The Balaban J connectivity index is 2.39. The van der Waals surface area contributed by atoms with Gasteiger partial charge in [0, 0.05) is 0 Å². The first-order valence-corrected chi connectivity index (χ1v) is 5.08. The first kappa shape index (κ1) is 12.3. The Morgan fingerprint density at radius 3 is 2.00 bits per heavy atom. The molecule has 0 saturated heterocycles. The molecule has 1 radical (unpaired) electrons. The van der Waals surface area contributed by atoms with Crippen LogP contribution in [0.25, 0.3) is 0 Å². The van der Waals surface area contributed by atoms with E-state index in [0.717, 1.165) is 6.07 Å². The molecule has 0 fully saturated rings. The number of alkyl halides is 3. The molecule has 0 spiro atoms. The molecule has 2 aromatic carbocycles. The van der Waals surface area contributed by atoms with Crippen LogP contribution in [0, 0.1) is 0 Å². The maximum atomic E-state index is 12.7. The zero-order valence-electron chi connectivity index (χ0n) is 9.07. The van der Waals surface area contributed by atoms with E-state index in [1.807, 2.05) is 0 Å². The molecule has 0 aliphatic carbocycles. The summed E-state index contributed by atoms with van der Waals surface area (Å²) in [6.45, 7) is 0. The van der Waals surface area contributed by atoms with Gasteiger partial charge < -0.3 is 4.74 Å². The summed E-state index contributed by atoms with van der Waals surface area (Å²) in [7, 11) is 0. The summed E-state index contributed by atoms with van der Waals surface area (Å²) in [5, 5.41) is 11.4. The molecule has 2 nitrogen and oxygen atoms in total. The van der Waals surface area contributed by atoms with Gasteiger partial charge in [-0.2, -0.15) is 13.2 Å². The van der Waals surface area contributed by atoms with Crippen LogP contribution in [0.2, 0.25) is 0 Å². The van der Waals surface area contributed by atoms with Gasteiger partial charge in [-0.05, 0) is 24.3 Å². The molecule has 0 aliphatic rings. The Morgan fingerprint density at radius 1 is 0.833 bits per heavy atom. The van der Waals surface area contributed by atoms with Crippen LogP contribution in [-0.2, 0) is 11.3 Å². The van der Waals surface area contributed by atoms with E-state index in [4.69, 9.17) is 4.74 Å². The maximum Gasteiger partial charge on any atom is 0.419 e. The number of benzene rings is 2. The molecule has 0 amide bonds. The van der Waals surface area contributed by atoms with Crippen molar-refractivity contribution in [2.75, 3.05) is 0 Å². The van der Waals surface area contributed by atoms with Crippen LogP contribution in [0.1, 0.15) is 5.56 Å². The molecule has 2 aromatic rings. The van der Waals surface area contributed by atoms with Crippen LogP contribution in [0.5, 0.6) is 17.2 Å². The first-order chi connectivity index (χ1) is 8.48. The Hall–Kier alpha value is -2.17. The summed E-state index contributed by atoms with van der Waals surface area (Å²) in [6.07, 6.45) is -4.52. The molecule has 0 unspecified atom stereocenters. The quantitative estimate of drug-likeness (QED) is 0.766. The number of hydrogen-bond donors (Lipinski definition) is 0. The van der Waals surface area contributed by atoms with Gasteiger partial charge in [-0.3, -0.25) is 5.11 Å². The Morgan fingerprint density at radius 2 is 1.39 bits per heavy atom. The molecule has 0 bridgehead atoms. The smallest absolute Gasteiger partial charge is 0.419 e. The van der Waals surface area contributed by atoms with Crippen LogP contribution in [0.4, 0.5) is 13.2 Å². The van der Waals surface area contributed by atoms with Crippen LogP contribution in [0.3, 0.4) is 0 Å². The van der Waals surface area contributed by atoms with E-state index in [-0.39, 0.29) is 11.5 Å². The van der Waals surface area contributed by atoms with E-state index in [0.29, 0.717) is 0 Å². The highest BCUT2D eigenvalue weighted by atomic mass is 19.4. The van der Waals surface area contributed by atoms with Gasteiger partial charge in [0.1, 0.15) is 5.75 Å². The van der Waals surface area contributed by atoms with Crippen molar-refractivity contribution in [1.29, 1.82) is 0 Å². The lowest BCUT2D eigenvalue weighted by Crippen LogP contribution is -2.06. The fraction of sp³-hybridized carbons (Fsp3) is 0.0769. The Labute approximate surface area is 101 Å². The molecule has 2 rings (SSSR count). The third-order valence-corrected chi connectivity index (χ3v) is 2.26. The van der Waals surface area contributed by atoms with Crippen LogP contribution >= 0.6 is 0 Å². The molecule has 18 heavy (non-hydrogen) atoms. The van der Waals surface area contributed by atoms with E-state index in [9.17, 15) is 18.3 Å². The molecule has 5 heteroatoms. The molecule has 0 aromatic heterocycles. The molecule has 0 N–H and O–H groups in total. The molecular weight excluding hydrogens is 245 g/mol. The average Bonchev–Trinajstić information content (AvgIpc) is 2.31. The van der Waals surface area contributed by atoms with E-state index in [1.54, 1.807) is 0 Å². The summed E-state index contributed by atoms with van der Waals surface area (Å²) < 4.78 is 43.1. The maximum absolute atomic E-state index is 12.7. The van der Waals surface area contributed by atoms with Crippen molar-refractivity contribution in [1.82, 2.24) is 0 Å². The molecule has 93 valence electrons. The summed E-state index contributed by atoms with van der Waals surface area (Å²) in [5.41, 5.74) is -0.909. The predicted octanol–water partition coefficient (Wildman–Crippen LogP) is 4.64. The van der Waals surface area contributed by atoms with Gasteiger partial charge in [-0.1, -0.05) is 24.3 Å². The first-order valence-electron chi connectivity index (χ1n) is 5.08. The van der Waals surface area contributed by atoms with E-state index in [1.165, 1.54) is 42.5 Å². The van der Waals surface area contributed by atoms with Gasteiger partial charge in [0.15, 0.2) is 5.75 Å². The predicted molar refractivity (Wildman–Crippen MR) is 58.1 cm³/mol. The van der Waals surface area contributed by atoms with Gasteiger partial charge in [-0.25, -0.2) is 0 Å². The van der Waals surface area contributed by atoms with E-state index >= 15 is 0 Å². The summed E-state index contributed by atoms with van der Waals surface area (Å²) in [4.78, 5) is 0. The van der Waals surface area contributed by atoms with Crippen LogP contribution in [-0.4, -0.2) is 0 Å². The highest BCUT2D eigenvalue weighted by Crippen LogP contribution is 2.39. The van der Waals surface area contributed by atoms with Gasteiger partial charge in [0.05, 0.1) is 5.56 Å². The van der Waals surface area contributed by atoms with Crippen molar-refractivity contribution in [3.05, 3.63) is 54.1 Å². The van der Waals surface area contributed by atoms with E-state index in [2.05, 4.69) is 0 Å². The van der Waals surface area contributed by atoms with Crippen LogP contribution < -0.4 is 4.74 Å². The van der Waals surface area contributed by atoms with Crippen molar-refractivity contribution in [2.24, 2.45) is 0 Å². The van der Waals surface area contributed by atoms with Crippen molar-refractivity contribution >= 4 is 0 Å². The zero-order chi connectivity index (χ0) is 13.2. The highest BCUT2D eigenvalue weighted by Gasteiger charge is 2.34. The standard InChI is InChI=1S/C13H8F3O2/c14-13(15,16)9-5-1-3-7-11(9)18-12-8-4-2-6-10(12)17/h1-8H. The van der Waals surface area contributed by atoms with E-state index < -0.39 is 17.5 Å². The van der Waals surface area contributed by atoms with Gasteiger partial charge in [-0.15, -0.1) is 0 Å². The SMILES string of the molecule is [O]c1ccccc1Oc1ccccc1C(F)(F)F. The molecule has 0 heterocycles. The Bertz CT molecular complexity index is 550. The lowest BCUT2D eigenvalue weighted by molar-refractivity contribution is -0.138. The summed E-state index contributed by atoms with van der Waals surface area (Å²) in [6, 6.07) is 10.3. The topological polar surface area (TPSA) is 29.1 Å². The third-order valence-electron chi connectivity index (χ3n) is 2.26. The van der Waals surface area contributed by atoms with Crippen LogP contribution in [0.15, 0.2) is 48.5 Å². The van der Waals surface area contributed by atoms with Gasteiger partial charge in [0.2, 0.25) is 5.75 Å². The lowest BCUT2D eigenvalue weighted by Gasteiger charge is -2.13. The molecular formula is C13H8F3O2. The fourth-order valence-electron chi connectivity index (χ4n) is 1.44. The minimum atomic E-state index is -4.52. The fourth-order valence-corrected chi connectivity index (χ4v) is 1.44. The summed E-state index contributed by atoms with van der Waals surface area (Å²) in [5.74, 6) is -0.975. The molecule has 0 saturated carbocycles.